The Bertz CT molecular complexity index is 651. The Hall–Kier alpha value is -2.41. The number of rotatable bonds is 1. The second kappa shape index (κ2) is 4.22. The van der Waals surface area contributed by atoms with E-state index in [1.54, 1.807) is 19.1 Å². The van der Waals surface area contributed by atoms with Crippen LogP contribution in [0.1, 0.15) is 11.1 Å². The summed E-state index contributed by atoms with van der Waals surface area (Å²) in [5.41, 5.74) is 1.73. The van der Waals surface area contributed by atoms with Gasteiger partial charge in [-0.3, -0.25) is 4.79 Å². The first-order chi connectivity index (χ1) is 8.11. The van der Waals surface area contributed by atoms with E-state index in [1.807, 2.05) is 6.07 Å². The Balaban J connectivity index is 2.61. The maximum Gasteiger partial charge on any atom is 0.266 e. The molecule has 0 saturated carbocycles. The van der Waals surface area contributed by atoms with Crippen LogP contribution < -0.4 is 5.56 Å². The molecule has 2 aromatic rings. The van der Waals surface area contributed by atoms with Gasteiger partial charge in [-0.2, -0.15) is 5.26 Å². The van der Waals surface area contributed by atoms with Gasteiger partial charge in [0.15, 0.2) is 0 Å². The number of nitrogens with zero attached hydrogens (tertiary/aromatic N) is 1. The van der Waals surface area contributed by atoms with Crippen molar-refractivity contribution in [3.8, 4) is 17.3 Å². The Morgan fingerprint density at radius 2 is 1.94 bits per heavy atom. The van der Waals surface area contributed by atoms with Crippen molar-refractivity contribution in [2.24, 2.45) is 0 Å². The van der Waals surface area contributed by atoms with Crippen LogP contribution in [-0.4, -0.2) is 4.98 Å². The quantitative estimate of drug-likeness (QED) is 0.814. The molecule has 0 radical (unpaired) electrons. The first-order valence-electron chi connectivity index (χ1n) is 5.02. The SMILES string of the molecule is Cc1cc(C#N)c(=O)[nH]c1-c1ccc(F)cc1. The van der Waals surface area contributed by atoms with Gasteiger partial charge >= 0.3 is 0 Å². The minimum atomic E-state index is -0.433. The fourth-order valence-corrected chi connectivity index (χ4v) is 1.63. The summed E-state index contributed by atoms with van der Waals surface area (Å²) in [7, 11) is 0. The van der Waals surface area contributed by atoms with Crippen molar-refractivity contribution in [3.63, 3.8) is 0 Å². The van der Waals surface area contributed by atoms with Crippen LogP contribution in [0.25, 0.3) is 11.3 Å². The van der Waals surface area contributed by atoms with E-state index >= 15 is 0 Å². The number of nitriles is 1. The van der Waals surface area contributed by atoms with Crippen molar-refractivity contribution in [1.29, 1.82) is 5.26 Å². The van der Waals surface area contributed by atoms with E-state index in [2.05, 4.69) is 4.98 Å². The van der Waals surface area contributed by atoms with Gasteiger partial charge in [-0.1, -0.05) is 0 Å². The van der Waals surface area contributed by atoms with E-state index in [-0.39, 0.29) is 11.4 Å². The van der Waals surface area contributed by atoms with E-state index in [4.69, 9.17) is 5.26 Å². The molecule has 0 atom stereocenters. The highest BCUT2D eigenvalue weighted by Crippen LogP contribution is 2.20. The minimum Gasteiger partial charge on any atom is -0.321 e. The number of hydrogen-bond acceptors (Lipinski definition) is 2. The van der Waals surface area contributed by atoms with Crippen LogP contribution in [0.2, 0.25) is 0 Å². The summed E-state index contributed by atoms with van der Waals surface area (Å²) in [5.74, 6) is -0.331. The van der Waals surface area contributed by atoms with E-state index in [0.29, 0.717) is 11.3 Å². The molecule has 84 valence electrons. The van der Waals surface area contributed by atoms with Crippen LogP contribution in [0.4, 0.5) is 4.39 Å². The molecule has 3 nitrogen and oxygen atoms in total. The third-order valence-corrected chi connectivity index (χ3v) is 2.49. The molecule has 1 aromatic heterocycles. The van der Waals surface area contributed by atoms with Gasteiger partial charge in [-0.25, -0.2) is 4.39 Å². The topological polar surface area (TPSA) is 56.6 Å². The third kappa shape index (κ3) is 2.08. The molecular formula is C13H9FN2O. The number of nitrogens with one attached hydrogen (secondary N) is 1. The number of halogens is 1. The zero-order valence-corrected chi connectivity index (χ0v) is 9.12. The monoisotopic (exact) mass is 228 g/mol. The molecule has 0 aliphatic carbocycles. The van der Waals surface area contributed by atoms with Crippen molar-refractivity contribution in [1.82, 2.24) is 4.98 Å². The summed E-state index contributed by atoms with van der Waals surface area (Å²) >= 11 is 0. The predicted octanol–water partition coefficient (Wildman–Crippen LogP) is 2.36. The predicted molar refractivity (Wildman–Crippen MR) is 61.9 cm³/mol. The zero-order valence-electron chi connectivity index (χ0n) is 9.12. The Labute approximate surface area is 97.2 Å². The Morgan fingerprint density at radius 3 is 2.53 bits per heavy atom. The molecule has 0 aliphatic rings. The molecule has 4 heteroatoms. The fraction of sp³-hybridized carbons (Fsp3) is 0.0769. The Morgan fingerprint density at radius 1 is 1.29 bits per heavy atom. The van der Waals surface area contributed by atoms with Crippen molar-refractivity contribution in [3.05, 3.63) is 57.6 Å². The normalized spacial score (nSPS) is 9.94. The molecule has 2 rings (SSSR count). The fourth-order valence-electron chi connectivity index (χ4n) is 1.63. The number of aromatic amines is 1. The average Bonchev–Trinajstić information content (AvgIpc) is 2.33. The maximum absolute atomic E-state index is 12.8. The van der Waals surface area contributed by atoms with Gasteiger partial charge in [-0.15, -0.1) is 0 Å². The number of hydrogen-bond donors (Lipinski definition) is 1. The number of benzene rings is 1. The summed E-state index contributed by atoms with van der Waals surface area (Å²) in [6, 6.07) is 9.16. The molecule has 0 fully saturated rings. The molecule has 17 heavy (non-hydrogen) atoms. The van der Waals surface area contributed by atoms with Crippen LogP contribution >= 0.6 is 0 Å². The van der Waals surface area contributed by atoms with Crippen molar-refractivity contribution >= 4 is 0 Å². The first-order valence-corrected chi connectivity index (χ1v) is 5.02. The standard InChI is InChI=1S/C13H9FN2O/c1-8-6-10(7-15)13(17)16-12(8)9-2-4-11(14)5-3-9/h2-6H,1H3,(H,16,17). The molecule has 0 saturated heterocycles. The molecule has 0 spiro atoms. The van der Waals surface area contributed by atoms with E-state index < -0.39 is 5.56 Å². The van der Waals surface area contributed by atoms with Gasteiger partial charge in [0.25, 0.3) is 5.56 Å². The lowest BCUT2D eigenvalue weighted by Crippen LogP contribution is -2.11. The van der Waals surface area contributed by atoms with Crippen LogP contribution in [0.5, 0.6) is 0 Å². The highest BCUT2D eigenvalue weighted by Gasteiger charge is 2.07. The van der Waals surface area contributed by atoms with Crippen molar-refractivity contribution in [2.75, 3.05) is 0 Å². The number of pyridine rings is 1. The van der Waals surface area contributed by atoms with Crippen LogP contribution in [0, 0.1) is 24.1 Å². The maximum atomic E-state index is 12.8. The molecule has 1 aromatic carbocycles. The second-order valence-electron chi connectivity index (χ2n) is 3.69. The van der Waals surface area contributed by atoms with Crippen LogP contribution in [0.15, 0.2) is 35.1 Å². The van der Waals surface area contributed by atoms with Crippen LogP contribution in [0.3, 0.4) is 0 Å². The lowest BCUT2D eigenvalue weighted by atomic mass is 10.1. The summed E-state index contributed by atoms with van der Waals surface area (Å²) in [5, 5.41) is 8.72. The van der Waals surface area contributed by atoms with E-state index in [0.717, 1.165) is 5.56 Å². The largest absolute Gasteiger partial charge is 0.321 e. The van der Waals surface area contributed by atoms with Gasteiger partial charge < -0.3 is 4.98 Å². The number of H-pyrrole nitrogens is 1. The number of aromatic nitrogens is 1. The average molecular weight is 228 g/mol. The van der Waals surface area contributed by atoms with Gasteiger partial charge in [0, 0.05) is 0 Å². The van der Waals surface area contributed by atoms with Crippen molar-refractivity contribution in [2.45, 2.75) is 6.92 Å². The summed E-state index contributed by atoms with van der Waals surface area (Å²) in [6.45, 7) is 1.79. The minimum absolute atomic E-state index is 0.0772. The van der Waals surface area contributed by atoms with Crippen molar-refractivity contribution < 1.29 is 4.39 Å². The molecule has 0 bridgehead atoms. The summed E-state index contributed by atoms with van der Waals surface area (Å²) in [6.07, 6.45) is 0. The second-order valence-corrected chi connectivity index (χ2v) is 3.69. The first kappa shape index (κ1) is 11.1. The zero-order chi connectivity index (χ0) is 12.4. The van der Waals surface area contributed by atoms with Gasteiger partial charge in [0.1, 0.15) is 17.4 Å². The van der Waals surface area contributed by atoms with Crippen LogP contribution in [-0.2, 0) is 0 Å². The smallest absolute Gasteiger partial charge is 0.266 e. The summed E-state index contributed by atoms with van der Waals surface area (Å²) < 4.78 is 12.8. The molecule has 0 unspecified atom stereocenters. The van der Waals surface area contributed by atoms with Gasteiger partial charge in [-0.05, 0) is 48.4 Å². The molecular weight excluding hydrogens is 219 g/mol. The molecule has 0 aliphatic heterocycles. The molecule has 1 N–H and O–H groups in total. The van der Waals surface area contributed by atoms with E-state index in [9.17, 15) is 9.18 Å². The highest BCUT2D eigenvalue weighted by atomic mass is 19.1. The number of aryl methyl sites for hydroxylation is 1. The lowest BCUT2D eigenvalue weighted by Gasteiger charge is -2.05. The van der Waals surface area contributed by atoms with Gasteiger partial charge in [0.05, 0.1) is 5.69 Å². The van der Waals surface area contributed by atoms with E-state index in [1.165, 1.54) is 18.2 Å². The summed E-state index contributed by atoms with van der Waals surface area (Å²) in [4.78, 5) is 14.1. The van der Waals surface area contributed by atoms with Gasteiger partial charge in [0.2, 0.25) is 0 Å². The molecule has 0 amide bonds. The highest BCUT2D eigenvalue weighted by molar-refractivity contribution is 5.63. The lowest BCUT2D eigenvalue weighted by molar-refractivity contribution is 0.628. The third-order valence-electron chi connectivity index (χ3n) is 2.49. The molecule has 1 heterocycles. The Kier molecular flexibility index (Phi) is 2.75.